The molecule has 1 aromatic rings. The Bertz CT molecular complexity index is 263. The van der Waals surface area contributed by atoms with Crippen LogP contribution in [0, 0.1) is 0 Å². The van der Waals surface area contributed by atoms with Gasteiger partial charge in [-0.25, -0.2) is 0 Å². The third kappa shape index (κ3) is 5.05. The lowest BCUT2D eigenvalue weighted by atomic mass is 10.2. The molecule has 13 heavy (non-hydrogen) atoms. The van der Waals surface area contributed by atoms with E-state index in [1.54, 1.807) is 0 Å². The van der Waals surface area contributed by atoms with Crippen molar-refractivity contribution >= 4 is 22.6 Å². The molecule has 1 rings (SSSR count). The zero-order valence-electron chi connectivity index (χ0n) is 7.76. The first-order valence-corrected chi connectivity index (χ1v) is 5.44. The minimum absolute atomic E-state index is 0.946. The molecule has 0 spiro atoms. The Hall–Kier alpha value is -0.350. The summed E-state index contributed by atoms with van der Waals surface area (Å²) in [5.74, 6) is 0. The van der Waals surface area contributed by atoms with Gasteiger partial charge in [-0.1, -0.05) is 36.4 Å². The summed E-state index contributed by atoms with van der Waals surface area (Å²) >= 11 is 2.32. The van der Waals surface area contributed by atoms with Gasteiger partial charge in [0.05, 0.1) is 0 Å². The molecule has 1 nitrogen and oxygen atoms in total. The fourth-order valence-electron chi connectivity index (χ4n) is 1.03. The molecule has 0 saturated heterocycles. The molecule has 0 amide bonds. The van der Waals surface area contributed by atoms with Gasteiger partial charge in [-0.2, -0.15) is 0 Å². The van der Waals surface area contributed by atoms with Crippen LogP contribution in [0.3, 0.4) is 0 Å². The van der Waals surface area contributed by atoms with Gasteiger partial charge in [-0.3, -0.25) is 0 Å². The summed E-state index contributed by atoms with van der Waals surface area (Å²) in [7, 11) is 0. The molecule has 0 heterocycles. The van der Waals surface area contributed by atoms with Crippen molar-refractivity contribution < 1.29 is 0 Å². The van der Waals surface area contributed by atoms with Gasteiger partial charge >= 0.3 is 0 Å². The molecule has 0 bridgehead atoms. The van der Waals surface area contributed by atoms with Crippen LogP contribution in [0.2, 0.25) is 0 Å². The lowest BCUT2D eigenvalue weighted by Crippen LogP contribution is -2.12. The van der Waals surface area contributed by atoms with Gasteiger partial charge in [0, 0.05) is 13.1 Å². The number of benzene rings is 1. The fourth-order valence-corrected chi connectivity index (χ4v) is 1.25. The Kier molecular flexibility index (Phi) is 5.08. The smallest absolute Gasteiger partial charge is 0.0208 e. The van der Waals surface area contributed by atoms with Crippen molar-refractivity contribution in [3.63, 3.8) is 0 Å². The molecule has 70 valence electrons. The zero-order chi connectivity index (χ0) is 9.52. The molecule has 0 saturated carbocycles. The van der Waals surface area contributed by atoms with Crippen LogP contribution in [0.15, 0.2) is 40.0 Å². The molecular formula is C11H14IN. The average Bonchev–Trinajstić information content (AvgIpc) is 2.14. The maximum atomic E-state index is 3.35. The van der Waals surface area contributed by atoms with Gasteiger partial charge in [0.2, 0.25) is 0 Å². The molecule has 0 fully saturated rings. The van der Waals surface area contributed by atoms with Gasteiger partial charge < -0.3 is 5.32 Å². The van der Waals surface area contributed by atoms with E-state index in [1.807, 2.05) is 6.07 Å². The molecule has 1 N–H and O–H groups in total. The topological polar surface area (TPSA) is 12.0 Å². The van der Waals surface area contributed by atoms with Crippen LogP contribution in [0.4, 0.5) is 0 Å². The van der Waals surface area contributed by atoms with Crippen LogP contribution in [0.25, 0.3) is 0 Å². The van der Waals surface area contributed by atoms with E-state index in [1.165, 1.54) is 9.14 Å². The minimum atomic E-state index is 0.946. The van der Waals surface area contributed by atoms with Crippen LogP contribution in [0.5, 0.6) is 0 Å². The summed E-state index contributed by atoms with van der Waals surface area (Å²) in [6.45, 7) is 4.00. The van der Waals surface area contributed by atoms with Crippen LogP contribution in [-0.4, -0.2) is 6.54 Å². The summed E-state index contributed by atoms with van der Waals surface area (Å²) < 4.78 is 1.33. The highest BCUT2D eigenvalue weighted by Gasteiger charge is 1.88. The number of hydrogen-bond donors (Lipinski definition) is 1. The first kappa shape index (κ1) is 10.7. The number of allylic oxidation sites excluding steroid dienone is 1. The monoisotopic (exact) mass is 287 g/mol. The van der Waals surface area contributed by atoms with E-state index >= 15 is 0 Å². The maximum absolute atomic E-state index is 3.35. The molecular weight excluding hydrogens is 273 g/mol. The Balaban J connectivity index is 2.25. The second-order valence-corrected chi connectivity index (χ2v) is 4.61. The van der Waals surface area contributed by atoms with E-state index in [-0.39, 0.29) is 0 Å². The van der Waals surface area contributed by atoms with Crippen molar-refractivity contribution in [1.29, 1.82) is 0 Å². The summed E-state index contributed by atoms with van der Waals surface area (Å²) in [5.41, 5.74) is 1.34. The standard InChI is InChI=1S/C11H14IN/c1-10(12)7-8-13-9-11-5-3-2-4-6-11/h2-7,13H,8-9H2,1H3. The molecule has 2 heteroatoms. The van der Waals surface area contributed by atoms with Gasteiger partial charge in [-0.05, 0) is 38.7 Å². The van der Waals surface area contributed by atoms with Gasteiger partial charge in [0.25, 0.3) is 0 Å². The van der Waals surface area contributed by atoms with Crippen molar-refractivity contribution in [3.8, 4) is 0 Å². The molecule has 0 aromatic heterocycles. The minimum Gasteiger partial charge on any atom is -0.309 e. The Morgan fingerprint density at radius 3 is 2.69 bits per heavy atom. The number of halogens is 1. The van der Waals surface area contributed by atoms with Crippen molar-refractivity contribution in [3.05, 3.63) is 45.6 Å². The van der Waals surface area contributed by atoms with Crippen LogP contribution in [0.1, 0.15) is 12.5 Å². The zero-order valence-corrected chi connectivity index (χ0v) is 9.91. The normalized spacial score (nSPS) is 11.7. The molecule has 0 radical (unpaired) electrons. The molecule has 0 aliphatic carbocycles. The molecule has 1 aromatic carbocycles. The quantitative estimate of drug-likeness (QED) is 0.662. The summed E-state index contributed by atoms with van der Waals surface area (Å²) in [4.78, 5) is 0. The number of nitrogens with one attached hydrogen (secondary N) is 1. The van der Waals surface area contributed by atoms with Gasteiger partial charge in [0.15, 0.2) is 0 Å². The van der Waals surface area contributed by atoms with Crippen LogP contribution >= 0.6 is 22.6 Å². The largest absolute Gasteiger partial charge is 0.309 e. The number of rotatable bonds is 4. The lowest BCUT2D eigenvalue weighted by molar-refractivity contribution is 0.759. The summed E-state index contributed by atoms with van der Waals surface area (Å²) in [5, 5.41) is 3.35. The summed E-state index contributed by atoms with van der Waals surface area (Å²) in [6.07, 6.45) is 2.18. The second kappa shape index (κ2) is 6.16. The van der Waals surface area contributed by atoms with Gasteiger partial charge in [-0.15, -0.1) is 0 Å². The lowest BCUT2D eigenvalue weighted by Gasteiger charge is -2.01. The SMILES string of the molecule is CC(I)=CCNCc1ccccc1. The van der Waals surface area contributed by atoms with E-state index in [9.17, 15) is 0 Å². The predicted molar refractivity (Wildman–Crippen MR) is 65.9 cm³/mol. The van der Waals surface area contributed by atoms with E-state index in [0.717, 1.165) is 13.1 Å². The highest BCUT2D eigenvalue weighted by Crippen LogP contribution is 2.01. The van der Waals surface area contributed by atoms with E-state index < -0.39 is 0 Å². The van der Waals surface area contributed by atoms with Crippen molar-refractivity contribution in [2.24, 2.45) is 0 Å². The van der Waals surface area contributed by atoms with Crippen molar-refractivity contribution in [2.75, 3.05) is 6.54 Å². The van der Waals surface area contributed by atoms with Gasteiger partial charge in [0.1, 0.15) is 0 Å². The Labute approximate surface area is 93.4 Å². The van der Waals surface area contributed by atoms with Crippen LogP contribution < -0.4 is 5.32 Å². The maximum Gasteiger partial charge on any atom is 0.0208 e. The highest BCUT2D eigenvalue weighted by atomic mass is 127. The molecule has 0 atom stereocenters. The summed E-state index contributed by atoms with van der Waals surface area (Å²) in [6, 6.07) is 10.4. The predicted octanol–water partition coefficient (Wildman–Crippen LogP) is 3.12. The van der Waals surface area contributed by atoms with Crippen molar-refractivity contribution in [2.45, 2.75) is 13.5 Å². The molecule has 0 unspecified atom stereocenters. The molecule has 0 aliphatic heterocycles. The van der Waals surface area contributed by atoms with E-state index in [2.05, 4.69) is 65.2 Å². The highest BCUT2D eigenvalue weighted by molar-refractivity contribution is 14.1. The Morgan fingerprint density at radius 2 is 2.08 bits per heavy atom. The average molecular weight is 287 g/mol. The Morgan fingerprint density at radius 1 is 1.38 bits per heavy atom. The van der Waals surface area contributed by atoms with Crippen LogP contribution in [-0.2, 0) is 6.54 Å². The number of hydrogen-bond acceptors (Lipinski definition) is 1. The first-order chi connectivity index (χ1) is 6.29. The van der Waals surface area contributed by atoms with E-state index in [4.69, 9.17) is 0 Å². The third-order valence-electron chi connectivity index (χ3n) is 1.70. The first-order valence-electron chi connectivity index (χ1n) is 4.36. The fraction of sp³-hybridized carbons (Fsp3) is 0.273. The molecule has 0 aliphatic rings. The van der Waals surface area contributed by atoms with E-state index in [0.29, 0.717) is 0 Å². The van der Waals surface area contributed by atoms with Crippen molar-refractivity contribution in [1.82, 2.24) is 5.32 Å². The third-order valence-corrected chi connectivity index (χ3v) is 2.14. The second-order valence-electron chi connectivity index (χ2n) is 2.91.